The molecule has 0 amide bonds. The normalized spacial score (nSPS) is 11.2. The fourth-order valence-corrected chi connectivity index (χ4v) is 3.80. The van der Waals surface area contributed by atoms with Gasteiger partial charge in [-0.3, -0.25) is 0 Å². The summed E-state index contributed by atoms with van der Waals surface area (Å²) >= 11 is 0. The molecule has 1 heterocycles. The summed E-state index contributed by atoms with van der Waals surface area (Å²) in [5.41, 5.74) is 4.47. The van der Waals surface area contributed by atoms with Crippen molar-refractivity contribution >= 4 is 11.0 Å². The van der Waals surface area contributed by atoms with Gasteiger partial charge in [0.25, 0.3) is 0 Å². The Kier molecular flexibility index (Phi) is 6.64. The number of imidazole rings is 1. The summed E-state index contributed by atoms with van der Waals surface area (Å²) in [5, 5.41) is 0. The maximum absolute atomic E-state index is 6.24. The standard InChI is InChI=1S/C27H30N2O3/c1-19(2)23-14-9-20(3)17-26(23)31-16-15-29-25-8-6-5-7-24(25)28-27(29)18-32-22-12-10-21(30-4)11-13-22/h5-14,17,19H,15-16,18H2,1-4H3. The molecule has 0 unspecified atom stereocenters. The summed E-state index contributed by atoms with van der Waals surface area (Å²) in [4.78, 5) is 4.80. The number of nitrogens with zero attached hydrogens (tertiary/aromatic N) is 2. The number of ether oxygens (including phenoxy) is 3. The third-order valence-electron chi connectivity index (χ3n) is 5.52. The van der Waals surface area contributed by atoms with Gasteiger partial charge in [0.15, 0.2) is 0 Å². The molecule has 0 aliphatic carbocycles. The molecular formula is C27H30N2O3. The topological polar surface area (TPSA) is 45.5 Å². The highest BCUT2D eigenvalue weighted by Crippen LogP contribution is 2.28. The number of aromatic nitrogens is 2. The summed E-state index contributed by atoms with van der Waals surface area (Å²) in [6.45, 7) is 8.09. The molecule has 0 bridgehead atoms. The smallest absolute Gasteiger partial charge is 0.148 e. The quantitative estimate of drug-likeness (QED) is 0.320. The first-order chi connectivity index (χ1) is 15.5. The van der Waals surface area contributed by atoms with E-state index in [0.29, 0.717) is 25.7 Å². The molecular weight excluding hydrogens is 400 g/mol. The van der Waals surface area contributed by atoms with Crippen LogP contribution in [0.5, 0.6) is 17.2 Å². The second-order valence-electron chi connectivity index (χ2n) is 8.18. The second-order valence-corrected chi connectivity index (χ2v) is 8.18. The van der Waals surface area contributed by atoms with E-state index in [0.717, 1.165) is 34.1 Å². The van der Waals surface area contributed by atoms with Gasteiger partial charge < -0.3 is 18.8 Å². The van der Waals surface area contributed by atoms with Crippen LogP contribution in [0.1, 0.15) is 36.7 Å². The molecule has 0 saturated heterocycles. The van der Waals surface area contributed by atoms with E-state index in [-0.39, 0.29) is 0 Å². The van der Waals surface area contributed by atoms with Gasteiger partial charge in [-0.2, -0.15) is 0 Å². The minimum atomic E-state index is 0.378. The number of fused-ring (bicyclic) bond motifs is 1. The van der Waals surface area contributed by atoms with Crippen LogP contribution in [0.2, 0.25) is 0 Å². The van der Waals surface area contributed by atoms with Crippen LogP contribution >= 0.6 is 0 Å². The van der Waals surface area contributed by atoms with E-state index in [1.807, 2.05) is 42.5 Å². The lowest BCUT2D eigenvalue weighted by Gasteiger charge is -2.16. The number of para-hydroxylation sites is 2. The first-order valence-corrected chi connectivity index (χ1v) is 11.0. The average molecular weight is 431 g/mol. The molecule has 0 atom stereocenters. The van der Waals surface area contributed by atoms with Crippen molar-refractivity contribution in [3.05, 3.63) is 83.7 Å². The maximum Gasteiger partial charge on any atom is 0.148 e. The number of benzene rings is 3. The molecule has 1 aromatic heterocycles. The maximum atomic E-state index is 6.24. The van der Waals surface area contributed by atoms with Crippen LogP contribution in [-0.4, -0.2) is 23.3 Å². The van der Waals surface area contributed by atoms with Crippen molar-refractivity contribution < 1.29 is 14.2 Å². The Morgan fingerprint density at radius 1 is 0.906 bits per heavy atom. The van der Waals surface area contributed by atoms with Gasteiger partial charge in [-0.15, -0.1) is 0 Å². The SMILES string of the molecule is COc1ccc(OCc2nc3ccccc3n2CCOc2cc(C)ccc2C(C)C)cc1. The Morgan fingerprint density at radius 2 is 1.66 bits per heavy atom. The number of aryl methyl sites for hydroxylation is 1. The molecule has 0 aliphatic rings. The van der Waals surface area contributed by atoms with Gasteiger partial charge >= 0.3 is 0 Å². The first kappa shape index (κ1) is 21.8. The van der Waals surface area contributed by atoms with Crippen LogP contribution in [0.15, 0.2) is 66.7 Å². The van der Waals surface area contributed by atoms with Crippen LogP contribution in [0.25, 0.3) is 11.0 Å². The molecule has 0 aliphatic heterocycles. The van der Waals surface area contributed by atoms with Gasteiger partial charge in [-0.1, -0.05) is 38.1 Å². The lowest BCUT2D eigenvalue weighted by molar-refractivity contribution is 0.270. The zero-order chi connectivity index (χ0) is 22.5. The molecule has 0 fully saturated rings. The van der Waals surface area contributed by atoms with Crippen molar-refractivity contribution in [1.29, 1.82) is 0 Å². The van der Waals surface area contributed by atoms with E-state index >= 15 is 0 Å². The summed E-state index contributed by atoms with van der Waals surface area (Å²) in [6, 6.07) is 22.2. The highest BCUT2D eigenvalue weighted by molar-refractivity contribution is 5.75. The van der Waals surface area contributed by atoms with Crippen LogP contribution in [0, 0.1) is 6.92 Å². The molecule has 5 heteroatoms. The predicted octanol–water partition coefficient (Wildman–Crippen LogP) is 6.13. The van der Waals surface area contributed by atoms with Gasteiger partial charge in [0.05, 0.1) is 24.7 Å². The molecule has 0 radical (unpaired) electrons. The number of hydrogen-bond donors (Lipinski definition) is 0. The molecule has 4 rings (SSSR count). The molecule has 0 N–H and O–H groups in total. The Bertz CT molecular complexity index is 1180. The van der Waals surface area contributed by atoms with Gasteiger partial charge in [-0.25, -0.2) is 4.98 Å². The van der Waals surface area contributed by atoms with Crippen LogP contribution in [0.4, 0.5) is 0 Å². The van der Waals surface area contributed by atoms with E-state index in [4.69, 9.17) is 19.2 Å². The van der Waals surface area contributed by atoms with E-state index < -0.39 is 0 Å². The number of hydrogen-bond acceptors (Lipinski definition) is 4. The Balaban J connectivity index is 1.51. The lowest BCUT2D eigenvalue weighted by atomic mass is 10.0. The molecule has 4 aromatic rings. The van der Waals surface area contributed by atoms with Crippen LogP contribution in [0.3, 0.4) is 0 Å². The Labute approximate surface area is 189 Å². The van der Waals surface area contributed by atoms with Crippen LogP contribution < -0.4 is 14.2 Å². The van der Waals surface area contributed by atoms with Crippen molar-refractivity contribution in [3.63, 3.8) is 0 Å². The highest BCUT2D eigenvalue weighted by Gasteiger charge is 2.13. The third-order valence-corrected chi connectivity index (χ3v) is 5.52. The summed E-state index contributed by atoms with van der Waals surface area (Å²) < 4.78 is 19.7. The van der Waals surface area contributed by atoms with Gasteiger partial charge in [-0.05, 0) is 66.4 Å². The van der Waals surface area contributed by atoms with E-state index in [1.165, 1.54) is 11.1 Å². The van der Waals surface area contributed by atoms with Gasteiger partial charge in [0, 0.05) is 0 Å². The number of methoxy groups -OCH3 is 1. The van der Waals surface area contributed by atoms with Crippen molar-refractivity contribution in [1.82, 2.24) is 9.55 Å². The highest BCUT2D eigenvalue weighted by atomic mass is 16.5. The largest absolute Gasteiger partial charge is 0.497 e. The Hall–Kier alpha value is -3.47. The van der Waals surface area contributed by atoms with Gasteiger partial charge in [0.2, 0.25) is 0 Å². The van der Waals surface area contributed by atoms with E-state index in [1.54, 1.807) is 7.11 Å². The van der Waals surface area contributed by atoms with Crippen molar-refractivity contribution in [2.45, 2.75) is 39.8 Å². The first-order valence-electron chi connectivity index (χ1n) is 11.0. The van der Waals surface area contributed by atoms with Crippen molar-refractivity contribution in [3.8, 4) is 17.2 Å². The summed E-state index contributed by atoms with van der Waals surface area (Å²) in [7, 11) is 1.65. The van der Waals surface area contributed by atoms with Crippen LogP contribution in [-0.2, 0) is 13.2 Å². The zero-order valence-electron chi connectivity index (χ0n) is 19.2. The van der Waals surface area contributed by atoms with E-state index in [9.17, 15) is 0 Å². The summed E-state index contributed by atoms with van der Waals surface area (Å²) in [6.07, 6.45) is 0. The monoisotopic (exact) mass is 430 g/mol. The zero-order valence-corrected chi connectivity index (χ0v) is 19.2. The van der Waals surface area contributed by atoms with Crippen molar-refractivity contribution in [2.24, 2.45) is 0 Å². The molecule has 0 saturated carbocycles. The molecule has 166 valence electrons. The molecule has 3 aromatic carbocycles. The van der Waals surface area contributed by atoms with Gasteiger partial charge in [0.1, 0.15) is 36.3 Å². The molecule has 32 heavy (non-hydrogen) atoms. The lowest BCUT2D eigenvalue weighted by Crippen LogP contribution is -2.13. The fourth-order valence-electron chi connectivity index (χ4n) is 3.80. The molecule has 0 spiro atoms. The van der Waals surface area contributed by atoms with E-state index in [2.05, 4.69) is 49.6 Å². The average Bonchev–Trinajstić information content (AvgIpc) is 3.15. The third kappa shape index (κ3) is 4.88. The predicted molar refractivity (Wildman–Crippen MR) is 128 cm³/mol. The second kappa shape index (κ2) is 9.77. The molecule has 5 nitrogen and oxygen atoms in total. The van der Waals surface area contributed by atoms with Crippen molar-refractivity contribution in [2.75, 3.05) is 13.7 Å². The minimum Gasteiger partial charge on any atom is -0.497 e. The Morgan fingerprint density at radius 3 is 2.41 bits per heavy atom. The summed E-state index contributed by atoms with van der Waals surface area (Å²) in [5.74, 6) is 3.83. The fraction of sp³-hybridized carbons (Fsp3) is 0.296. The number of rotatable bonds is 9. The minimum absolute atomic E-state index is 0.378.